The fourth-order valence-corrected chi connectivity index (χ4v) is 3.92. The zero-order valence-corrected chi connectivity index (χ0v) is 22.2. The lowest BCUT2D eigenvalue weighted by Gasteiger charge is -2.35. The van der Waals surface area contributed by atoms with E-state index in [2.05, 4.69) is 36.3 Å². The summed E-state index contributed by atoms with van der Waals surface area (Å²) < 4.78 is 5.49. The molecule has 0 spiro atoms. The van der Waals surface area contributed by atoms with Crippen LogP contribution in [0.25, 0.3) is 0 Å². The number of guanidine groups is 1. The summed E-state index contributed by atoms with van der Waals surface area (Å²) in [5.74, 6) is 1.46. The van der Waals surface area contributed by atoms with Crippen molar-refractivity contribution in [2.24, 2.45) is 10.9 Å². The smallest absolute Gasteiger partial charge is 0.410 e. The molecule has 0 bridgehead atoms. The maximum atomic E-state index is 12.2. The lowest BCUT2D eigenvalue weighted by atomic mass is 9.97. The molecule has 8 heteroatoms. The number of amides is 1. The highest BCUT2D eigenvalue weighted by atomic mass is 127. The van der Waals surface area contributed by atoms with Crippen LogP contribution in [0.1, 0.15) is 67.2 Å². The Morgan fingerprint density at radius 1 is 1.10 bits per heavy atom. The Morgan fingerprint density at radius 3 is 2.20 bits per heavy atom. The molecule has 0 unspecified atom stereocenters. The topological polar surface area (TPSA) is 69.2 Å². The van der Waals surface area contributed by atoms with Crippen LogP contribution in [0, 0.1) is 5.92 Å². The van der Waals surface area contributed by atoms with Gasteiger partial charge in [0.1, 0.15) is 5.60 Å². The number of likely N-dealkylation sites (tertiary alicyclic amines) is 2. The van der Waals surface area contributed by atoms with Crippen molar-refractivity contribution in [3.05, 3.63) is 0 Å². The Hall–Kier alpha value is -0.770. The van der Waals surface area contributed by atoms with Gasteiger partial charge < -0.3 is 25.2 Å². The molecule has 0 atom stereocenters. The third-order valence-corrected chi connectivity index (χ3v) is 5.72. The number of piperidine rings is 2. The Bertz CT molecular complexity index is 534. The molecule has 0 radical (unpaired) electrons. The van der Waals surface area contributed by atoms with E-state index in [1.54, 1.807) is 0 Å². The summed E-state index contributed by atoms with van der Waals surface area (Å²) in [6.07, 6.45) is 4.10. The van der Waals surface area contributed by atoms with Crippen LogP contribution in [0.15, 0.2) is 4.99 Å². The molecule has 0 aromatic rings. The second-order valence-corrected chi connectivity index (χ2v) is 9.68. The van der Waals surface area contributed by atoms with Gasteiger partial charge in [-0.1, -0.05) is 0 Å². The van der Waals surface area contributed by atoms with Gasteiger partial charge in [-0.15, -0.1) is 24.0 Å². The first-order chi connectivity index (χ1) is 13.7. The number of nitrogens with zero attached hydrogens (tertiary/aromatic N) is 3. The van der Waals surface area contributed by atoms with Gasteiger partial charge in [0.2, 0.25) is 0 Å². The lowest BCUT2D eigenvalue weighted by Crippen LogP contribution is -2.50. The van der Waals surface area contributed by atoms with Gasteiger partial charge in [-0.2, -0.15) is 0 Å². The summed E-state index contributed by atoms with van der Waals surface area (Å²) in [5, 5.41) is 7.03. The Morgan fingerprint density at radius 2 is 1.70 bits per heavy atom. The van der Waals surface area contributed by atoms with Crippen LogP contribution in [-0.2, 0) is 4.74 Å². The van der Waals surface area contributed by atoms with Gasteiger partial charge in [0.15, 0.2) is 5.96 Å². The van der Waals surface area contributed by atoms with Gasteiger partial charge in [0, 0.05) is 51.4 Å². The number of aliphatic imine (C=N–C) groups is 1. The molecule has 0 aromatic heterocycles. The first-order valence-electron chi connectivity index (χ1n) is 11.4. The SMILES string of the molecule is CCNC(=NCC1CCN(C(=O)OC(C)(C)C)CC1)NC1CCN(C(C)C)CC1.I. The van der Waals surface area contributed by atoms with Crippen LogP contribution < -0.4 is 10.6 Å². The molecular formula is C22H44IN5O2. The van der Waals surface area contributed by atoms with Crippen LogP contribution in [0.2, 0.25) is 0 Å². The molecule has 2 rings (SSSR count). The number of hydrogen-bond donors (Lipinski definition) is 2. The molecule has 2 N–H and O–H groups in total. The summed E-state index contributed by atoms with van der Waals surface area (Å²) in [6, 6.07) is 1.13. The van der Waals surface area contributed by atoms with Gasteiger partial charge in [0.25, 0.3) is 0 Å². The summed E-state index contributed by atoms with van der Waals surface area (Å²) in [4.78, 5) is 21.4. The van der Waals surface area contributed by atoms with Crippen molar-refractivity contribution in [2.45, 2.75) is 84.9 Å². The van der Waals surface area contributed by atoms with Gasteiger partial charge >= 0.3 is 6.09 Å². The van der Waals surface area contributed by atoms with Crippen molar-refractivity contribution in [3.63, 3.8) is 0 Å². The zero-order chi connectivity index (χ0) is 21.4. The third-order valence-electron chi connectivity index (χ3n) is 5.72. The lowest BCUT2D eigenvalue weighted by molar-refractivity contribution is 0.0187. The van der Waals surface area contributed by atoms with Crippen molar-refractivity contribution in [1.29, 1.82) is 0 Å². The highest BCUT2D eigenvalue weighted by Gasteiger charge is 2.27. The molecule has 2 aliphatic rings. The van der Waals surface area contributed by atoms with E-state index in [-0.39, 0.29) is 30.1 Å². The van der Waals surface area contributed by atoms with Crippen LogP contribution in [-0.4, -0.2) is 78.8 Å². The summed E-state index contributed by atoms with van der Waals surface area (Å²) in [7, 11) is 0. The van der Waals surface area contributed by atoms with Crippen molar-refractivity contribution >= 4 is 36.0 Å². The predicted molar refractivity (Wildman–Crippen MR) is 135 cm³/mol. The molecular weight excluding hydrogens is 493 g/mol. The molecule has 2 saturated heterocycles. The summed E-state index contributed by atoms with van der Waals surface area (Å²) in [5.41, 5.74) is -0.435. The molecule has 176 valence electrons. The summed E-state index contributed by atoms with van der Waals surface area (Å²) in [6.45, 7) is 17.9. The number of hydrogen-bond acceptors (Lipinski definition) is 4. The number of ether oxygens (including phenoxy) is 1. The van der Waals surface area contributed by atoms with Crippen LogP contribution >= 0.6 is 24.0 Å². The largest absolute Gasteiger partial charge is 0.444 e. The molecule has 7 nitrogen and oxygen atoms in total. The highest BCUT2D eigenvalue weighted by molar-refractivity contribution is 14.0. The molecule has 0 saturated carbocycles. The average Bonchev–Trinajstić information content (AvgIpc) is 2.66. The summed E-state index contributed by atoms with van der Waals surface area (Å²) >= 11 is 0. The third kappa shape index (κ3) is 9.58. The van der Waals surface area contributed by atoms with E-state index in [1.165, 1.54) is 0 Å². The van der Waals surface area contributed by atoms with Crippen molar-refractivity contribution in [3.8, 4) is 0 Å². The van der Waals surface area contributed by atoms with E-state index in [0.717, 1.165) is 70.9 Å². The molecule has 2 fully saturated rings. The Labute approximate surface area is 200 Å². The first-order valence-corrected chi connectivity index (χ1v) is 11.4. The molecule has 2 aliphatic heterocycles. The minimum atomic E-state index is -0.435. The number of rotatable bonds is 5. The number of halogens is 1. The first kappa shape index (κ1) is 27.3. The van der Waals surface area contributed by atoms with E-state index >= 15 is 0 Å². The van der Waals surface area contributed by atoms with Crippen LogP contribution in [0.4, 0.5) is 4.79 Å². The van der Waals surface area contributed by atoms with E-state index < -0.39 is 5.60 Å². The van der Waals surface area contributed by atoms with Crippen LogP contribution in [0.5, 0.6) is 0 Å². The monoisotopic (exact) mass is 537 g/mol. The van der Waals surface area contributed by atoms with Crippen molar-refractivity contribution < 1.29 is 9.53 Å². The van der Waals surface area contributed by atoms with E-state index in [4.69, 9.17) is 9.73 Å². The predicted octanol–water partition coefficient (Wildman–Crippen LogP) is 3.68. The molecule has 1 amide bonds. The fraction of sp³-hybridized carbons (Fsp3) is 0.909. The maximum Gasteiger partial charge on any atom is 0.410 e. The van der Waals surface area contributed by atoms with Crippen molar-refractivity contribution in [2.75, 3.05) is 39.3 Å². The second kappa shape index (κ2) is 12.9. The minimum absolute atomic E-state index is 0. The molecule has 30 heavy (non-hydrogen) atoms. The Balaban J connectivity index is 0.00000450. The van der Waals surface area contributed by atoms with Gasteiger partial charge in [-0.05, 0) is 73.1 Å². The molecule has 2 heterocycles. The normalized spacial score (nSPS) is 20.1. The van der Waals surface area contributed by atoms with Gasteiger partial charge in [-0.3, -0.25) is 4.99 Å². The number of carbonyl (C=O) groups is 1. The maximum absolute atomic E-state index is 12.2. The van der Waals surface area contributed by atoms with Gasteiger partial charge in [0.05, 0.1) is 0 Å². The number of carbonyl (C=O) groups excluding carboxylic acids is 1. The average molecular weight is 538 g/mol. The number of nitrogens with one attached hydrogen (secondary N) is 2. The zero-order valence-electron chi connectivity index (χ0n) is 19.9. The van der Waals surface area contributed by atoms with E-state index in [1.807, 2.05) is 25.7 Å². The van der Waals surface area contributed by atoms with Crippen molar-refractivity contribution in [1.82, 2.24) is 20.4 Å². The Kier molecular flexibility index (Phi) is 11.8. The standard InChI is InChI=1S/C22H43N5O2.HI/c1-7-23-20(25-19-10-14-26(15-11-19)17(2)3)24-16-18-8-12-27(13-9-18)21(28)29-22(4,5)6;/h17-19H,7-16H2,1-6H3,(H2,23,24,25);1H. The minimum Gasteiger partial charge on any atom is -0.444 e. The van der Waals surface area contributed by atoms with E-state index in [0.29, 0.717) is 18.0 Å². The van der Waals surface area contributed by atoms with Gasteiger partial charge in [-0.25, -0.2) is 4.79 Å². The molecule has 0 aromatic carbocycles. The van der Waals surface area contributed by atoms with E-state index in [9.17, 15) is 4.79 Å². The fourth-order valence-electron chi connectivity index (χ4n) is 3.92. The van der Waals surface area contributed by atoms with Crippen LogP contribution in [0.3, 0.4) is 0 Å². The second-order valence-electron chi connectivity index (χ2n) is 9.68. The highest BCUT2D eigenvalue weighted by Crippen LogP contribution is 2.20. The quantitative estimate of drug-likeness (QED) is 0.318. The molecule has 0 aliphatic carbocycles.